The Kier molecular flexibility index (Phi) is 4.65. The number of aromatic nitrogens is 5. The molecule has 0 radical (unpaired) electrons. The number of hydrogen-bond donors (Lipinski definition) is 1. The normalized spacial score (nSPS) is 10.9. The molecule has 5 rings (SSSR count). The minimum Gasteiger partial charge on any atom is -0.497 e. The summed E-state index contributed by atoms with van der Waals surface area (Å²) in [5.74, 6) is 1.67. The van der Waals surface area contributed by atoms with Gasteiger partial charge in [-0.15, -0.1) is 0 Å². The molecule has 0 aliphatic heterocycles. The number of imidazole rings is 1. The van der Waals surface area contributed by atoms with Gasteiger partial charge in [-0.05, 0) is 43.3 Å². The quantitative estimate of drug-likeness (QED) is 0.455. The monoisotopic (exact) mass is 434 g/mol. The number of nitrogen functional groups attached to an aromatic ring is 1. The Morgan fingerprint density at radius 1 is 0.970 bits per heavy atom. The van der Waals surface area contributed by atoms with Gasteiger partial charge in [-0.2, -0.15) is 10.5 Å². The maximum atomic E-state index is 9.56. The molecule has 160 valence electrons. The number of nitrogens with two attached hydrogens (primary N) is 1. The third kappa shape index (κ3) is 2.95. The van der Waals surface area contributed by atoms with Crippen LogP contribution >= 0.6 is 0 Å². The lowest BCUT2D eigenvalue weighted by atomic mass is 10.2. The summed E-state index contributed by atoms with van der Waals surface area (Å²) < 4.78 is 9.03. The van der Waals surface area contributed by atoms with Crippen molar-refractivity contribution in [2.75, 3.05) is 12.8 Å². The zero-order chi connectivity index (χ0) is 23.1. The molecular weight excluding hydrogens is 416 g/mol. The van der Waals surface area contributed by atoms with E-state index in [4.69, 9.17) is 15.5 Å². The van der Waals surface area contributed by atoms with E-state index in [1.54, 1.807) is 11.7 Å². The van der Waals surface area contributed by atoms with E-state index in [0.717, 1.165) is 11.0 Å². The van der Waals surface area contributed by atoms with Crippen LogP contribution in [0.1, 0.15) is 18.3 Å². The Balaban J connectivity index is 1.91. The lowest BCUT2D eigenvalue weighted by Gasteiger charge is -2.09. The molecule has 9 heteroatoms. The van der Waals surface area contributed by atoms with Crippen LogP contribution in [0.4, 0.5) is 5.82 Å². The first-order valence-corrected chi connectivity index (χ1v) is 10.2. The van der Waals surface area contributed by atoms with Gasteiger partial charge in [0.25, 0.3) is 0 Å². The van der Waals surface area contributed by atoms with Crippen molar-refractivity contribution < 1.29 is 4.74 Å². The lowest BCUT2D eigenvalue weighted by molar-refractivity contribution is 0.415. The molecule has 0 spiro atoms. The van der Waals surface area contributed by atoms with Crippen molar-refractivity contribution in [1.82, 2.24) is 24.1 Å². The second-order valence-corrected chi connectivity index (χ2v) is 7.28. The number of anilines is 1. The molecule has 0 saturated carbocycles. The van der Waals surface area contributed by atoms with Crippen LogP contribution < -0.4 is 10.5 Å². The Hall–Kier alpha value is -4.89. The SMILES string of the molecule is CCn1c(-c2c(N)n(-c3ccc(OC)cc3)c3nc(C#N)c(C#N)nc23)nc2ccccc21. The molecular formula is C24H18N8O. The number of rotatable bonds is 4. The predicted octanol–water partition coefficient (Wildman–Crippen LogP) is 3.79. The van der Waals surface area contributed by atoms with E-state index in [-0.39, 0.29) is 11.4 Å². The van der Waals surface area contributed by atoms with Crippen molar-refractivity contribution in [3.63, 3.8) is 0 Å². The van der Waals surface area contributed by atoms with E-state index in [9.17, 15) is 10.5 Å². The molecule has 0 atom stereocenters. The third-order valence-corrected chi connectivity index (χ3v) is 5.56. The van der Waals surface area contributed by atoms with Crippen molar-refractivity contribution in [3.8, 4) is 35.0 Å². The van der Waals surface area contributed by atoms with Gasteiger partial charge in [-0.1, -0.05) is 12.1 Å². The van der Waals surface area contributed by atoms with Gasteiger partial charge >= 0.3 is 0 Å². The summed E-state index contributed by atoms with van der Waals surface area (Å²) in [6, 6.07) is 19.0. The van der Waals surface area contributed by atoms with Crippen LogP contribution in [0, 0.1) is 22.7 Å². The molecule has 0 bridgehead atoms. The van der Waals surface area contributed by atoms with Crippen molar-refractivity contribution in [3.05, 3.63) is 59.9 Å². The molecule has 33 heavy (non-hydrogen) atoms. The summed E-state index contributed by atoms with van der Waals surface area (Å²) in [4.78, 5) is 13.8. The molecule has 0 saturated heterocycles. The first-order valence-electron chi connectivity index (χ1n) is 10.2. The number of fused-ring (bicyclic) bond motifs is 2. The molecule has 2 N–H and O–H groups in total. The summed E-state index contributed by atoms with van der Waals surface area (Å²) >= 11 is 0. The van der Waals surface area contributed by atoms with Gasteiger partial charge in [-0.25, -0.2) is 15.0 Å². The van der Waals surface area contributed by atoms with E-state index >= 15 is 0 Å². The Bertz CT molecular complexity index is 1610. The fourth-order valence-corrected chi connectivity index (χ4v) is 4.05. The fraction of sp³-hybridized carbons (Fsp3) is 0.125. The van der Waals surface area contributed by atoms with Gasteiger partial charge in [0.05, 0.1) is 23.7 Å². The molecule has 0 aliphatic rings. The van der Waals surface area contributed by atoms with E-state index in [2.05, 4.69) is 9.97 Å². The molecule has 0 fully saturated rings. The summed E-state index contributed by atoms with van der Waals surface area (Å²) in [5, 5.41) is 19.1. The van der Waals surface area contributed by atoms with Crippen LogP contribution in [0.25, 0.3) is 39.3 Å². The van der Waals surface area contributed by atoms with Crippen molar-refractivity contribution in [2.45, 2.75) is 13.5 Å². The van der Waals surface area contributed by atoms with Gasteiger partial charge in [0.2, 0.25) is 0 Å². The highest BCUT2D eigenvalue weighted by molar-refractivity contribution is 6.00. The zero-order valence-corrected chi connectivity index (χ0v) is 17.9. The highest BCUT2D eigenvalue weighted by Gasteiger charge is 2.26. The van der Waals surface area contributed by atoms with E-state index < -0.39 is 0 Å². The topological polar surface area (TPSA) is 131 Å². The molecule has 0 unspecified atom stereocenters. The largest absolute Gasteiger partial charge is 0.497 e. The van der Waals surface area contributed by atoms with Gasteiger partial charge in [0.15, 0.2) is 17.0 Å². The van der Waals surface area contributed by atoms with Crippen LogP contribution in [0.2, 0.25) is 0 Å². The Morgan fingerprint density at radius 2 is 1.67 bits per heavy atom. The number of benzene rings is 2. The Morgan fingerprint density at radius 3 is 2.33 bits per heavy atom. The highest BCUT2D eigenvalue weighted by Crippen LogP contribution is 2.38. The number of methoxy groups -OCH3 is 1. The average Bonchev–Trinajstić information content (AvgIpc) is 3.36. The third-order valence-electron chi connectivity index (χ3n) is 5.56. The molecule has 0 amide bonds. The summed E-state index contributed by atoms with van der Waals surface area (Å²) in [7, 11) is 1.59. The zero-order valence-electron chi connectivity index (χ0n) is 17.9. The number of hydrogen-bond acceptors (Lipinski definition) is 7. The number of aryl methyl sites for hydroxylation is 1. The predicted molar refractivity (Wildman–Crippen MR) is 124 cm³/mol. The fourth-order valence-electron chi connectivity index (χ4n) is 4.05. The second-order valence-electron chi connectivity index (χ2n) is 7.28. The smallest absolute Gasteiger partial charge is 0.179 e. The number of nitriles is 2. The van der Waals surface area contributed by atoms with Crippen molar-refractivity contribution in [1.29, 1.82) is 10.5 Å². The summed E-state index contributed by atoms with van der Waals surface area (Å²) in [6.45, 7) is 2.68. The molecule has 0 aliphatic carbocycles. The van der Waals surface area contributed by atoms with Crippen LogP contribution in [-0.2, 0) is 6.54 Å². The number of ether oxygens (including phenoxy) is 1. The number of para-hydroxylation sites is 2. The highest BCUT2D eigenvalue weighted by atomic mass is 16.5. The standard InChI is InChI=1S/C24H18N8O/c1-3-31-19-7-5-4-6-16(19)29-23(31)20-21-24(30-18(13-26)17(12-25)28-21)32(22(20)27)14-8-10-15(33-2)11-9-14/h4-11H,3,27H2,1-2H3. The maximum absolute atomic E-state index is 9.56. The first-order chi connectivity index (χ1) is 16.1. The van der Waals surface area contributed by atoms with Crippen LogP contribution in [0.5, 0.6) is 5.75 Å². The maximum Gasteiger partial charge on any atom is 0.179 e. The van der Waals surface area contributed by atoms with E-state index in [0.29, 0.717) is 46.4 Å². The van der Waals surface area contributed by atoms with Crippen molar-refractivity contribution in [2.24, 2.45) is 0 Å². The van der Waals surface area contributed by atoms with Gasteiger partial charge in [0.1, 0.15) is 35.0 Å². The van der Waals surface area contributed by atoms with Gasteiger partial charge in [-0.3, -0.25) is 4.57 Å². The average molecular weight is 434 g/mol. The lowest BCUT2D eigenvalue weighted by Crippen LogP contribution is -2.03. The van der Waals surface area contributed by atoms with E-state index in [1.165, 1.54) is 0 Å². The minimum atomic E-state index is -0.0622. The molecule has 3 aromatic heterocycles. The summed E-state index contributed by atoms with van der Waals surface area (Å²) in [5.41, 5.74) is 10.4. The van der Waals surface area contributed by atoms with Gasteiger partial charge in [0, 0.05) is 12.2 Å². The molecule has 5 aromatic rings. The van der Waals surface area contributed by atoms with Crippen LogP contribution in [0.3, 0.4) is 0 Å². The summed E-state index contributed by atoms with van der Waals surface area (Å²) in [6.07, 6.45) is 0. The molecule has 9 nitrogen and oxygen atoms in total. The molecule has 2 aromatic carbocycles. The number of nitrogens with zero attached hydrogens (tertiary/aromatic N) is 7. The van der Waals surface area contributed by atoms with Crippen LogP contribution in [0.15, 0.2) is 48.5 Å². The van der Waals surface area contributed by atoms with Gasteiger partial charge < -0.3 is 15.0 Å². The van der Waals surface area contributed by atoms with Crippen LogP contribution in [-0.4, -0.2) is 31.2 Å². The Labute approximate surface area is 188 Å². The van der Waals surface area contributed by atoms with Crippen molar-refractivity contribution >= 4 is 28.0 Å². The second kappa shape index (κ2) is 7.66. The minimum absolute atomic E-state index is 0.0581. The molecule has 3 heterocycles. The van der Waals surface area contributed by atoms with E-state index in [1.807, 2.05) is 72.2 Å². The first kappa shape index (κ1) is 20.0.